The van der Waals surface area contributed by atoms with Gasteiger partial charge in [0, 0.05) is 6.07 Å². The molecular weight excluding hydrogens is 354 g/mol. The van der Waals surface area contributed by atoms with Crippen LogP contribution >= 0.6 is 15.9 Å². The van der Waals surface area contributed by atoms with Crippen LogP contribution in [-0.4, -0.2) is 13.5 Å². The summed E-state index contributed by atoms with van der Waals surface area (Å²) in [4.78, 5) is 0. The highest BCUT2D eigenvalue weighted by molar-refractivity contribution is 9.10. The fourth-order valence-corrected chi connectivity index (χ4v) is 2.73. The van der Waals surface area contributed by atoms with Gasteiger partial charge < -0.3 is 5.11 Å². The molecule has 0 fully saturated rings. The summed E-state index contributed by atoms with van der Waals surface area (Å²) in [5.74, 6) is -0.0299. The molecule has 2 N–H and O–H groups in total. The monoisotopic (exact) mass is 367 g/mol. The lowest BCUT2D eigenvalue weighted by Crippen LogP contribution is -2.08. The van der Waals surface area contributed by atoms with Crippen molar-refractivity contribution in [3.63, 3.8) is 0 Å². The summed E-state index contributed by atoms with van der Waals surface area (Å²) in [6.45, 7) is 1.96. The number of phenolic OH excluding ortho intramolecular Hbond substituents is 1. The number of sulfonamides is 1. The van der Waals surface area contributed by atoms with Gasteiger partial charge in [-0.3, -0.25) is 4.72 Å². The molecule has 2 rings (SSSR count). The van der Waals surface area contributed by atoms with E-state index in [1.54, 1.807) is 12.1 Å². The zero-order chi connectivity index (χ0) is 15.5. The van der Waals surface area contributed by atoms with E-state index < -0.39 is 10.0 Å². The maximum Gasteiger partial charge on any atom is 0.255 e. The lowest BCUT2D eigenvalue weighted by molar-refractivity contribution is 0.472. The largest absolute Gasteiger partial charge is 0.507 e. The summed E-state index contributed by atoms with van der Waals surface area (Å²) in [5, 5.41) is 10.6. The zero-order valence-electron chi connectivity index (χ0n) is 11.2. The van der Waals surface area contributed by atoms with Crippen molar-refractivity contribution in [3.8, 4) is 5.75 Å². The van der Waals surface area contributed by atoms with Crippen molar-refractivity contribution in [3.05, 3.63) is 63.5 Å². The number of aryl methyl sites for hydroxylation is 1. The first-order valence-electron chi connectivity index (χ1n) is 6.12. The molecule has 0 aliphatic carbocycles. The van der Waals surface area contributed by atoms with Gasteiger partial charge in [0.25, 0.3) is 10.0 Å². The van der Waals surface area contributed by atoms with Gasteiger partial charge >= 0.3 is 0 Å². The van der Waals surface area contributed by atoms with Crippen LogP contribution in [0.3, 0.4) is 0 Å². The molecule has 0 atom stereocenters. The van der Waals surface area contributed by atoms with Crippen molar-refractivity contribution >= 4 is 37.7 Å². The second kappa shape index (κ2) is 6.32. The van der Waals surface area contributed by atoms with Crippen molar-refractivity contribution in [1.82, 2.24) is 0 Å². The molecular formula is C15H14BrNO3S. The van der Waals surface area contributed by atoms with E-state index in [1.807, 2.05) is 31.2 Å². The van der Waals surface area contributed by atoms with E-state index in [2.05, 4.69) is 20.7 Å². The molecule has 0 heterocycles. The highest BCUT2D eigenvalue weighted by Crippen LogP contribution is 2.27. The fraction of sp³-hybridized carbons (Fsp3) is 0.0667. The number of aromatic hydroxyl groups is 1. The van der Waals surface area contributed by atoms with Gasteiger partial charge in [0.15, 0.2) is 0 Å². The topological polar surface area (TPSA) is 66.4 Å². The van der Waals surface area contributed by atoms with E-state index in [0.29, 0.717) is 10.2 Å². The van der Waals surface area contributed by atoms with Crippen LogP contribution in [-0.2, 0) is 10.0 Å². The highest BCUT2D eigenvalue weighted by Gasteiger charge is 2.07. The third-order valence-electron chi connectivity index (χ3n) is 2.72. The van der Waals surface area contributed by atoms with E-state index in [1.165, 1.54) is 12.1 Å². The molecule has 0 radical (unpaired) electrons. The van der Waals surface area contributed by atoms with Crippen molar-refractivity contribution in [2.45, 2.75) is 6.92 Å². The molecule has 0 unspecified atom stereocenters. The Morgan fingerprint density at radius 2 is 1.81 bits per heavy atom. The van der Waals surface area contributed by atoms with E-state index >= 15 is 0 Å². The maximum atomic E-state index is 11.9. The minimum absolute atomic E-state index is 0.0299. The number of nitrogens with one attached hydrogen (secondary N) is 1. The average Bonchev–Trinajstić information content (AvgIpc) is 2.42. The normalized spacial score (nSPS) is 11.7. The van der Waals surface area contributed by atoms with Crippen LogP contribution in [0.5, 0.6) is 5.75 Å². The van der Waals surface area contributed by atoms with Crippen LogP contribution in [0.1, 0.15) is 11.1 Å². The Labute approximate surface area is 132 Å². The average molecular weight is 368 g/mol. The van der Waals surface area contributed by atoms with Crippen LogP contribution in [0.4, 0.5) is 5.69 Å². The molecule has 2 aromatic rings. The molecule has 0 aliphatic heterocycles. The lowest BCUT2D eigenvalue weighted by Gasteiger charge is -2.05. The number of hydrogen-bond donors (Lipinski definition) is 2. The molecule has 4 nitrogen and oxygen atoms in total. The van der Waals surface area contributed by atoms with E-state index in [0.717, 1.165) is 16.5 Å². The molecule has 110 valence electrons. The van der Waals surface area contributed by atoms with Crippen LogP contribution in [0.15, 0.2) is 52.3 Å². The van der Waals surface area contributed by atoms with E-state index in [9.17, 15) is 13.5 Å². The first-order valence-corrected chi connectivity index (χ1v) is 8.46. The summed E-state index contributed by atoms with van der Waals surface area (Å²) in [5.41, 5.74) is 2.20. The highest BCUT2D eigenvalue weighted by atomic mass is 79.9. The quantitative estimate of drug-likeness (QED) is 0.861. The third kappa shape index (κ3) is 4.61. The van der Waals surface area contributed by atoms with Crippen LogP contribution in [0, 0.1) is 6.92 Å². The van der Waals surface area contributed by atoms with Gasteiger partial charge in [0.05, 0.1) is 15.6 Å². The lowest BCUT2D eigenvalue weighted by atomic mass is 10.2. The minimum atomic E-state index is -3.63. The van der Waals surface area contributed by atoms with Gasteiger partial charge in [-0.2, -0.15) is 0 Å². The Morgan fingerprint density at radius 3 is 2.43 bits per heavy atom. The Balaban J connectivity index is 2.14. The molecule has 0 bridgehead atoms. The summed E-state index contributed by atoms with van der Waals surface area (Å²) < 4.78 is 26.8. The SMILES string of the molecule is Cc1ccc(C=CS(=O)(=O)Nc2ccc(Br)c(O)c2)cc1. The molecule has 0 aliphatic rings. The van der Waals surface area contributed by atoms with Crippen LogP contribution < -0.4 is 4.72 Å². The molecule has 0 amide bonds. The third-order valence-corrected chi connectivity index (χ3v) is 4.41. The van der Waals surface area contributed by atoms with Crippen LogP contribution in [0.2, 0.25) is 0 Å². The number of halogens is 1. The van der Waals surface area contributed by atoms with Gasteiger partial charge in [0.1, 0.15) is 5.75 Å². The number of rotatable bonds is 4. The Kier molecular flexibility index (Phi) is 4.69. The number of anilines is 1. The van der Waals surface area contributed by atoms with E-state index in [4.69, 9.17) is 0 Å². The second-order valence-corrected chi connectivity index (χ2v) is 6.95. The Bertz CT molecular complexity index is 768. The van der Waals surface area contributed by atoms with Crippen molar-refractivity contribution < 1.29 is 13.5 Å². The van der Waals surface area contributed by atoms with Crippen molar-refractivity contribution in [2.24, 2.45) is 0 Å². The molecule has 0 saturated heterocycles. The fourth-order valence-electron chi connectivity index (χ4n) is 1.62. The summed E-state index contributed by atoms with van der Waals surface area (Å²) >= 11 is 3.13. The van der Waals surface area contributed by atoms with Crippen molar-refractivity contribution in [1.29, 1.82) is 0 Å². The van der Waals surface area contributed by atoms with Crippen molar-refractivity contribution in [2.75, 3.05) is 4.72 Å². The van der Waals surface area contributed by atoms with Crippen LogP contribution in [0.25, 0.3) is 6.08 Å². The smallest absolute Gasteiger partial charge is 0.255 e. The predicted molar refractivity (Wildman–Crippen MR) is 88.6 cm³/mol. The standard InChI is InChI=1S/C15H14BrNO3S/c1-11-2-4-12(5-3-11)8-9-21(19,20)17-13-6-7-14(16)15(18)10-13/h2-10,17-18H,1H3. The van der Waals surface area contributed by atoms with Gasteiger partial charge in [-0.05, 0) is 46.6 Å². The Morgan fingerprint density at radius 1 is 1.14 bits per heavy atom. The van der Waals surface area contributed by atoms with Gasteiger partial charge in [-0.25, -0.2) is 8.42 Å². The second-order valence-electron chi connectivity index (χ2n) is 4.53. The number of phenols is 1. The van der Waals surface area contributed by atoms with Gasteiger partial charge in [-0.1, -0.05) is 29.8 Å². The molecule has 0 saturated carbocycles. The molecule has 0 aromatic heterocycles. The molecule has 0 spiro atoms. The summed E-state index contributed by atoms with van der Waals surface area (Å²) in [6, 6.07) is 12.0. The van der Waals surface area contributed by atoms with E-state index in [-0.39, 0.29) is 5.75 Å². The predicted octanol–water partition coefficient (Wildman–Crippen LogP) is 3.88. The zero-order valence-corrected chi connectivity index (χ0v) is 13.6. The first kappa shape index (κ1) is 15.6. The minimum Gasteiger partial charge on any atom is -0.507 e. The first-order chi connectivity index (χ1) is 9.85. The van der Waals surface area contributed by atoms with Gasteiger partial charge in [-0.15, -0.1) is 0 Å². The molecule has 6 heteroatoms. The molecule has 21 heavy (non-hydrogen) atoms. The number of benzene rings is 2. The van der Waals surface area contributed by atoms with Gasteiger partial charge in [0.2, 0.25) is 0 Å². The molecule has 2 aromatic carbocycles. The Hall–Kier alpha value is -1.79. The maximum absolute atomic E-state index is 11.9. The summed E-state index contributed by atoms with van der Waals surface area (Å²) in [6.07, 6.45) is 1.51. The summed E-state index contributed by atoms with van der Waals surface area (Å²) in [7, 11) is -3.63. The number of hydrogen-bond acceptors (Lipinski definition) is 3.